The van der Waals surface area contributed by atoms with Crippen LogP contribution in [0.2, 0.25) is 0 Å². The Morgan fingerprint density at radius 2 is 1.69 bits per heavy atom. The summed E-state index contributed by atoms with van der Waals surface area (Å²) in [5, 5.41) is 2.86. The van der Waals surface area contributed by atoms with Crippen molar-refractivity contribution in [1.82, 2.24) is 10.2 Å². The van der Waals surface area contributed by atoms with Crippen LogP contribution in [0.1, 0.15) is 17.2 Å². The largest absolute Gasteiger partial charge is 0.492 e. The Morgan fingerprint density at radius 3 is 2.27 bits per heavy atom. The fourth-order valence-corrected chi connectivity index (χ4v) is 2.16. The highest BCUT2D eigenvalue weighted by molar-refractivity contribution is 5.85. The lowest BCUT2D eigenvalue weighted by Crippen LogP contribution is -2.33. The van der Waals surface area contributed by atoms with Crippen LogP contribution in [-0.2, 0) is 11.3 Å². The van der Waals surface area contributed by atoms with Gasteiger partial charge in [-0.25, -0.2) is 0 Å². The maximum atomic E-state index is 12.1. The van der Waals surface area contributed by atoms with Crippen molar-refractivity contribution in [3.8, 4) is 5.75 Å². The molecule has 0 aliphatic rings. The van der Waals surface area contributed by atoms with E-state index >= 15 is 0 Å². The van der Waals surface area contributed by atoms with E-state index in [1.807, 2.05) is 68.7 Å². The van der Waals surface area contributed by atoms with Crippen LogP contribution in [0.15, 0.2) is 54.6 Å². The third-order valence-corrected chi connectivity index (χ3v) is 3.64. The number of carbonyl (C=O) groups is 1. The van der Waals surface area contributed by atoms with Gasteiger partial charge in [0.05, 0.1) is 0 Å². The fraction of sp³-hybridized carbons (Fsp3) is 0.316. The van der Waals surface area contributed by atoms with Crippen molar-refractivity contribution in [2.75, 3.05) is 27.2 Å². The quantitative estimate of drug-likeness (QED) is 0.715. The van der Waals surface area contributed by atoms with Crippen LogP contribution in [-0.4, -0.2) is 38.1 Å². The number of hydrogen-bond acceptors (Lipinski definition) is 4. The van der Waals surface area contributed by atoms with Crippen LogP contribution in [0.5, 0.6) is 5.75 Å². The summed E-state index contributed by atoms with van der Waals surface area (Å²) in [6.45, 7) is 1.96. The van der Waals surface area contributed by atoms with E-state index in [4.69, 9.17) is 10.5 Å². The first kappa shape index (κ1) is 24.2. The molecular weight excluding hydrogens is 373 g/mol. The van der Waals surface area contributed by atoms with Crippen molar-refractivity contribution in [2.45, 2.75) is 12.6 Å². The van der Waals surface area contributed by atoms with Crippen molar-refractivity contribution in [3.05, 3.63) is 65.7 Å². The highest BCUT2D eigenvalue weighted by Gasteiger charge is 2.14. The molecule has 2 rings (SSSR count). The summed E-state index contributed by atoms with van der Waals surface area (Å²) in [4.78, 5) is 14.2. The van der Waals surface area contributed by atoms with Crippen LogP contribution in [0, 0.1) is 0 Å². The number of nitrogens with one attached hydrogen (secondary N) is 1. The highest BCUT2D eigenvalue weighted by Crippen LogP contribution is 2.13. The second-order valence-corrected chi connectivity index (χ2v) is 5.90. The molecule has 0 aromatic heterocycles. The van der Waals surface area contributed by atoms with Crippen LogP contribution in [0.25, 0.3) is 0 Å². The summed E-state index contributed by atoms with van der Waals surface area (Å²) < 4.78 is 5.64. The van der Waals surface area contributed by atoms with Crippen LogP contribution in [0.4, 0.5) is 0 Å². The lowest BCUT2D eigenvalue weighted by Gasteiger charge is -2.13. The Kier molecular flexibility index (Phi) is 11.7. The molecular formula is C19H27Cl2N3O2. The normalized spacial score (nSPS) is 11.1. The number of hydrogen-bond donors (Lipinski definition) is 2. The zero-order valence-electron chi connectivity index (χ0n) is 15.1. The standard InChI is InChI=1S/C19H25N3O2.2ClH/c1-22(2)12-13-24-17-10-8-15(9-11-17)14-21-19(23)18(20)16-6-4-3-5-7-16;;/h3-11,18H,12-14,20H2,1-2H3,(H,21,23);2*1H. The Bertz CT molecular complexity index is 637. The van der Waals surface area contributed by atoms with Gasteiger partial charge in [0.2, 0.25) is 5.91 Å². The second-order valence-electron chi connectivity index (χ2n) is 5.90. The van der Waals surface area contributed by atoms with E-state index in [2.05, 4.69) is 10.2 Å². The van der Waals surface area contributed by atoms with Crippen molar-refractivity contribution < 1.29 is 9.53 Å². The first-order valence-corrected chi connectivity index (χ1v) is 8.01. The van der Waals surface area contributed by atoms with Gasteiger partial charge in [-0.2, -0.15) is 0 Å². The highest BCUT2D eigenvalue weighted by atomic mass is 35.5. The van der Waals surface area contributed by atoms with Crippen LogP contribution >= 0.6 is 24.8 Å². The molecule has 1 amide bonds. The van der Waals surface area contributed by atoms with Gasteiger partial charge in [-0.3, -0.25) is 4.79 Å². The van der Waals surface area contributed by atoms with Crippen molar-refractivity contribution in [3.63, 3.8) is 0 Å². The molecule has 26 heavy (non-hydrogen) atoms. The molecule has 0 heterocycles. The van der Waals surface area contributed by atoms with E-state index in [1.54, 1.807) is 0 Å². The maximum absolute atomic E-state index is 12.1. The molecule has 0 fully saturated rings. The number of nitrogens with zero attached hydrogens (tertiary/aromatic N) is 1. The average molecular weight is 400 g/mol. The number of carbonyl (C=O) groups excluding carboxylic acids is 1. The fourth-order valence-electron chi connectivity index (χ4n) is 2.16. The van der Waals surface area contributed by atoms with E-state index in [-0.39, 0.29) is 30.7 Å². The lowest BCUT2D eigenvalue weighted by molar-refractivity contribution is -0.122. The molecule has 0 saturated heterocycles. The maximum Gasteiger partial charge on any atom is 0.241 e. The zero-order valence-corrected chi connectivity index (χ0v) is 16.7. The molecule has 0 aliphatic heterocycles. The Balaban J connectivity index is 0.00000312. The summed E-state index contributed by atoms with van der Waals surface area (Å²) in [5.74, 6) is 0.639. The number of nitrogens with two attached hydrogens (primary N) is 1. The summed E-state index contributed by atoms with van der Waals surface area (Å²) in [7, 11) is 4.02. The lowest BCUT2D eigenvalue weighted by atomic mass is 10.1. The van der Waals surface area contributed by atoms with Gasteiger partial charge in [0.1, 0.15) is 18.4 Å². The predicted molar refractivity (Wildman–Crippen MR) is 110 cm³/mol. The molecule has 7 heteroatoms. The van der Waals surface area contributed by atoms with Crippen molar-refractivity contribution >= 4 is 30.7 Å². The van der Waals surface area contributed by atoms with E-state index in [0.717, 1.165) is 23.4 Å². The van der Waals surface area contributed by atoms with Crippen molar-refractivity contribution in [1.29, 1.82) is 0 Å². The smallest absolute Gasteiger partial charge is 0.241 e. The van der Waals surface area contributed by atoms with E-state index in [9.17, 15) is 4.79 Å². The van der Waals surface area contributed by atoms with Gasteiger partial charge >= 0.3 is 0 Å². The first-order valence-electron chi connectivity index (χ1n) is 8.01. The minimum atomic E-state index is -0.653. The molecule has 0 saturated carbocycles. The minimum Gasteiger partial charge on any atom is -0.492 e. The molecule has 0 spiro atoms. The van der Waals surface area contributed by atoms with Gasteiger partial charge in [0.15, 0.2) is 0 Å². The van der Waals surface area contributed by atoms with Gasteiger partial charge in [0.25, 0.3) is 0 Å². The third-order valence-electron chi connectivity index (χ3n) is 3.64. The second kappa shape index (κ2) is 12.5. The third kappa shape index (κ3) is 8.06. The molecule has 0 bridgehead atoms. The van der Waals surface area contributed by atoms with Gasteiger partial charge in [-0.15, -0.1) is 24.8 Å². The minimum absolute atomic E-state index is 0. The summed E-state index contributed by atoms with van der Waals surface area (Å²) >= 11 is 0. The van der Waals surface area contributed by atoms with E-state index < -0.39 is 6.04 Å². The zero-order chi connectivity index (χ0) is 17.4. The summed E-state index contributed by atoms with van der Waals surface area (Å²) in [6, 6.07) is 16.4. The molecule has 1 atom stereocenters. The number of rotatable bonds is 8. The summed E-state index contributed by atoms with van der Waals surface area (Å²) in [6.07, 6.45) is 0. The Morgan fingerprint density at radius 1 is 1.08 bits per heavy atom. The molecule has 3 N–H and O–H groups in total. The Labute approximate surface area is 167 Å². The molecule has 1 unspecified atom stereocenters. The van der Waals surface area contributed by atoms with Crippen molar-refractivity contribution in [2.24, 2.45) is 5.73 Å². The average Bonchev–Trinajstić information content (AvgIpc) is 2.60. The van der Waals surface area contributed by atoms with Gasteiger partial charge in [-0.05, 0) is 37.4 Å². The molecule has 0 radical (unpaired) electrons. The first-order chi connectivity index (χ1) is 11.6. The monoisotopic (exact) mass is 399 g/mol. The number of amides is 1. The van der Waals surface area contributed by atoms with Gasteiger partial charge in [0, 0.05) is 13.1 Å². The van der Waals surface area contributed by atoms with Gasteiger partial charge < -0.3 is 20.7 Å². The number of halogens is 2. The van der Waals surface area contributed by atoms with Crippen LogP contribution in [0.3, 0.4) is 0 Å². The number of ether oxygens (including phenoxy) is 1. The molecule has 5 nitrogen and oxygen atoms in total. The summed E-state index contributed by atoms with van der Waals surface area (Å²) in [5.41, 5.74) is 7.78. The van der Waals surface area contributed by atoms with E-state index in [1.165, 1.54) is 0 Å². The SMILES string of the molecule is CN(C)CCOc1ccc(CNC(=O)C(N)c2ccccc2)cc1.Cl.Cl. The molecule has 2 aromatic carbocycles. The predicted octanol–water partition coefficient (Wildman–Crippen LogP) is 2.79. The number of likely N-dealkylation sites (N-methyl/N-ethyl adjacent to an activating group) is 1. The van der Waals surface area contributed by atoms with Crippen LogP contribution < -0.4 is 15.8 Å². The number of benzene rings is 2. The van der Waals surface area contributed by atoms with E-state index in [0.29, 0.717) is 13.2 Å². The molecule has 2 aromatic rings. The topological polar surface area (TPSA) is 67.6 Å². The molecule has 144 valence electrons. The molecule has 0 aliphatic carbocycles. The van der Waals surface area contributed by atoms with Gasteiger partial charge in [-0.1, -0.05) is 42.5 Å². The Hall–Kier alpha value is -1.79.